The van der Waals surface area contributed by atoms with Crippen molar-refractivity contribution in [3.8, 4) is 10.6 Å². The molecule has 0 saturated carbocycles. The van der Waals surface area contributed by atoms with Crippen LogP contribution in [0.15, 0.2) is 26.5 Å². The van der Waals surface area contributed by atoms with Crippen LogP contribution in [0.3, 0.4) is 0 Å². The summed E-state index contributed by atoms with van der Waals surface area (Å²) in [5, 5.41) is 8.31. The highest BCUT2D eigenvalue weighted by Gasteiger charge is 2.37. The van der Waals surface area contributed by atoms with Crippen LogP contribution in [-0.2, 0) is 10.9 Å². The summed E-state index contributed by atoms with van der Waals surface area (Å²) in [4.78, 5) is 17.4. The van der Waals surface area contributed by atoms with Crippen molar-refractivity contribution in [2.45, 2.75) is 25.1 Å². The van der Waals surface area contributed by atoms with Gasteiger partial charge >= 0.3 is 6.18 Å². The zero-order chi connectivity index (χ0) is 20.8. The Bertz CT molecular complexity index is 1080. The van der Waals surface area contributed by atoms with Crippen LogP contribution in [-0.4, -0.2) is 39.8 Å². The molecule has 1 N–H and O–H groups in total. The maximum absolute atomic E-state index is 13.7. The van der Waals surface area contributed by atoms with E-state index in [4.69, 9.17) is 4.74 Å². The van der Waals surface area contributed by atoms with Crippen molar-refractivity contribution in [3.63, 3.8) is 0 Å². The van der Waals surface area contributed by atoms with Gasteiger partial charge in [-0.2, -0.15) is 18.3 Å². The van der Waals surface area contributed by atoms with Crippen molar-refractivity contribution < 1.29 is 22.7 Å². The van der Waals surface area contributed by atoms with E-state index >= 15 is 0 Å². The lowest BCUT2D eigenvalue weighted by molar-refractivity contribution is -0.142. The molecule has 1 aliphatic heterocycles. The van der Waals surface area contributed by atoms with Crippen LogP contribution in [0.5, 0.6) is 0 Å². The third kappa shape index (κ3) is 4.21. The highest BCUT2D eigenvalue weighted by Crippen LogP contribution is 2.36. The number of rotatable bonds is 4. The maximum Gasteiger partial charge on any atom is 0.433 e. The number of alkyl halides is 3. The number of carbonyl (C=O) groups is 1. The van der Waals surface area contributed by atoms with Gasteiger partial charge in [0.1, 0.15) is 0 Å². The van der Waals surface area contributed by atoms with E-state index < -0.39 is 17.8 Å². The van der Waals surface area contributed by atoms with E-state index in [2.05, 4.69) is 47.3 Å². The Morgan fingerprint density at radius 3 is 2.79 bits per heavy atom. The van der Waals surface area contributed by atoms with Gasteiger partial charge in [0, 0.05) is 23.0 Å². The number of thiophene rings is 1. The predicted octanol–water partition coefficient (Wildman–Crippen LogP) is 4.91. The lowest BCUT2D eigenvalue weighted by Gasteiger charge is -2.10. The van der Waals surface area contributed by atoms with Gasteiger partial charge in [-0.1, -0.05) is 0 Å². The Balaban J connectivity index is 1.75. The van der Waals surface area contributed by atoms with Gasteiger partial charge in [0.25, 0.3) is 5.91 Å². The standard InChI is InChI=1S/C17H13Br2F3N4O2S/c18-8-4-11(29-7-8)10-5-12(17(20,21)22)26-15(24-10)13(19)14(25-26)16(27)23-6-9-2-1-3-28-9/h4-5,7,9H,1-3,6H2,(H,23,27)/t9-/m0/s1. The molecule has 1 aliphatic rings. The molecule has 1 saturated heterocycles. The first kappa shape index (κ1) is 20.8. The first-order chi connectivity index (χ1) is 13.7. The van der Waals surface area contributed by atoms with Gasteiger partial charge in [-0.25, -0.2) is 9.50 Å². The summed E-state index contributed by atoms with van der Waals surface area (Å²) < 4.78 is 48.0. The molecule has 4 heterocycles. The summed E-state index contributed by atoms with van der Waals surface area (Å²) in [5.74, 6) is -0.591. The molecule has 0 unspecified atom stereocenters. The minimum absolute atomic E-state index is 0.0818. The molecule has 0 aliphatic carbocycles. The van der Waals surface area contributed by atoms with E-state index in [-0.39, 0.29) is 34.2 Å². The van der Waals surface area contributed by atoms with Gasteiger partial charge in [0.15, 0.2) is 17.0 Å². The van der Waals surface area contributed by atoms with Gasteiger partial charge in [0.05, 0.1) is 21.1 Å². The van der Waals surface area contributed by atoms with Gasteiger partial charge in [-0.15, -0.1) is 11.3 Å². The van der Waals surface area contributed by atoms with E-state index in [0.29, 0.717) is 16.0 Å². The van der Waals surface area contributed by atoms with Crippen LogP contribution in [0.4, 0.5) is 13.2 Å². The molecule has 29 heavy (non-hydrogen) atoms. The van der Waals surface area contributed by atoms with Gasteiger partial charge in [0.2, 0.25) is 0 Å². The van der Waals surface area contributed by atoms with Crippen LogP contribution < -0.4 is 5.32 Å². The smallest absolute Gasteiger partial charge is 0.376 e. The second kappa shape index (κ2) is 7.97. The normalized spacial score (nSPS) is 17.2. The largest absolute Gasteiger partial charge is 0.433 e. The number of hydrogen-bond donors (Lipinski definition) is 1. The third-order valence-corrected chi connectivity index (χ3v) is 6.82. The van der Waals surface area contributed by atoms with Gasteiger partial charge in [-0.05, 0) is 56.8 Å². The first-order valence-electron chi connectivity index (χ1n) is 8.54. The number of amides is 1. The topological polar surface area (TPSA) is 68.5 Å². The zero-order valence-corrected chi connectivity index (χ0v) is 18.6. The highest BCUT2D eigenvalue weighted by atomic mass is 79.9. The number of carbonyl (C=O) groups excluding carboxylic acids is 1. The molecular formula is C17H13Br2F3N4O2S. The fourth-order valence-corrected chi connectivity index (χ4v) is 4.91. The van der Waals surface area contributed by atoms with E-state index in [0.717, 1.165) is 23.4 Å². The molecule has 4 rings (SSSR count). The summed E-state index contributed by atoms with van der Waals surface area (Å²) >= 11 is 7.75. The minimum atomic E-state index is -4.68. The molecule has 0 radical (unpaired) electrons. The molecule has 0 aromatic carbocycles. The Morgan fingerprint density at radius 2 is 2.17 bits per heavy atom. The van der Waals surface area contributed by atoms with Crippen molar-refractivity contribution >= 4 is 54.8 Å². The average Bonchev–Trinajstić information content (AvgIpc) is 3.39. The van der Waals surface area contributed by atoms with Crippen molar-refractivity contribution in [2.24, 2.45) is 0 Å². The number of halogens is 5. The summed E-state index contributed by atoms with van der Waals surface area (Å²) in [7, 11) is 0. The molecule has 0 bridgehead atoms. The number of nitrogens with zero attached hydrogens (tertiary/aromatic N) is 3. The van der Waals surface area contributed by atoms with Crippen LogP contribution in [0.1, 0.15) is 29.0 Å². The quantitative estimate of drug-likeness (QED) is 0.498. The molecule has 154 valence electrons. The number of fused-ring (bicyclic) bond motifs is 1. The summed E-state index contributed by atoms with van der Waals surface area (Å²) in [6, 6.07) is 2.61. The zero-order valence-electron chi connectivity index (χ0n) is 14.6. The van der Waals surface area contributed by atoms with Crippen molar-refractivity contribution in [1.82, 2.24) is 19.9 Å². The molecular weight excluding hydrogens is 541 g/mol. The molecule has 1 atom stereocenters. The lowest BCUT2D eigenvalue weighted by atomic mass is 10.2. The summed E-state index contributed by atoms with van der Waals surface area (Å²) in [6.45, 7) is 0.909. The fraction of sp³-hybridized carbons (Fsp3) is 0.353. The number of aromatic nitrogens is 3. The Kier molecular flexibility index (Phi) is 5.70. The lowest BCUT2D eigenvalue weighted by Crippen LogP contribution is -2.32. The monoisotopic (exact) mass is 552 g/mol. The number of hydrogen-bond acceptors (Lipinski definition) is 5. The second-order valence-corrected chi connectivity index (χ2v) is 9.02. The number of ether oxygens (including phenoxy) is 1. The maximum atomic E-state index is 13.7. The Hall–Kier alpha value is -1.50. The summed E-state index contributed by atoms with van der Waals surface area (Å²) in [6.07, 6.45) is -3.03. The molecule has 3 aromatic heterocycles. The van der Waals surface area contributed by atoms with Crippen LogP contribution in [0.2, 0.25) is 0 Å². The van der Waals surface area contributed by atoms with Crippen LogP contribution in [0.25, 0.3) is 16.2 Å². The van der Waals surface area contributed by atoms with E-state index in [1.807, 2.05) is 0 Å². The predicted molar refractivity (Wildman–Crippen MR) is 108 cm³/mol. The first-order valence-corrected chi connectivity index (χ1v) is 11.0. The van der Waals surface area contributed by atoms with Crippen LogP contribution >= 0.6 is 43.2 Å². The minimum Gasteiger partial charge on any atom is -0.376 e. The van der Waals surface area contributed by atoms with E-state index in [9.17, 15) is 18.0 Å². The molecule has 3 aromatic rings. The molecule has 6 nitrogen and oxygen atoms in total. The van der Waals surface area contributed by atoms with Crippen molar-refractivity contribution in [1.29, 1.82) is 0 Å². The third-order valence-electron chi connectivity index (χ3n) is 4.37. The Labute approximate surface area is 183 Å². The van der Waals surface area contributed by atoms with Crippen molar-refractivity contribution in [2.75, 3.05) is 13.2 Å². The highest BCUT2D eigenvalue weighted by molar-refractivity contribution is 9.11. The van der Waals surface area contributed by atoms with Crippen LogP contribution in [0, 0.1) is 0 Å². The van der Waals surface area contributed by atoms with Gasteiger partial charge in [-0.3, -0.25) is 4.79 Å². The Morgan fingerprint density at radius 1 is 1.38 bits per heavy atom. The molecule has 1 amide bonds. The van der Waals surface area contributed by atoms with E-state index in [1.54, 1.807) is 11.4 Å². The average molecular weight is 554 g/mol. The SMILES string of the molecule is O=C(NC[C@@H]1CCCO1)c1nn2c(C(F)(F)F)cc(-c3cc(Br)cs3)nc2c1Br. The molecule has 0 spiro atoms. The van der Waals surface area contributed by atoms with E-state index in [1.165, 1.54) is 11.3 Å². The number of nitrogens with one attached hydrogen (secondary N) is 1. The fourth-order valence-electron chi connectivity index (χ4n) is 3.01. The summed E-state index contributed by atoms with van der Waals surface area (Å²) in [5.41, 5.74) is -1.11. The second-order valence-electron chi connectivity index (χ2n) is 6.40. The van der Waals surface area contributed by atoms with Gasteiger partial charge < -0.3 is 10.1 Å². The molecule has 12 heteroatoms. The molecule has 1 fully saturated rings. The van der Waals surface area contributed by atoms with Crippen molar-refractivity contribution in [3.05, 3.63) is 37.8 Å².